The summed E-state index contributed by atoms with van der Waals surface area (Å²) in [7, 11) is 1.35. The number of aromatic nitrogens is 2. The molecule has 2 aromatic rings. The Kier molecular flexibility index (Phi) is 4.90. The van der Waals surface area contributed by atoms with E-state index in [1.54, 1.807) is 6.92 Å². The van der Waals surface area contributed by atoms with Gasteiger partial charge >= 0.3 is 0 Å². The molecule has 0 saturated heterocycles. The lowest BCUT2D eigenvalue weighted by molar-refractivity contribution is 0.406. The molecule has 1 aromatic heterocycles. The van der Waals surface area contributed by atoms with Crippen LogP contribution in [0.25, 0.3) is 5.69 Å². The Bertz CT molecular complexity index is 665. The Morgan fingerprint density at radius 1 is 1.36 bits per heavy atom. The standard InChI is InChI=1S/C15H18ClF2N3O/c1-5-8(2)19-14-9(3)20-15(16)21(14)13-11(17)6-10(22-4)7-12(13)18/h6-8,19H,5H2,1-4H3. The SMILES string of the molecule is CCC(C)Nc1c(C)nc(Cl)n1-c1c(F)cc(OC)cc1F. The summed E-state index contributed by atoms with van der Waals surface area (Å²) in [5.41, 5.74) is 0.289. The van der Waals surface area contributed by atoms with Crippen molar-refractivity contribution in [3.05, 3.63) is 34.7 Å². The molecule has 0 aliphatic heterocycles. The van der Waals surface area contributed by atoms with Crippen molar-refractivity contribution in [2.24, 2.45) is 0 Å². The average molecular weight is 330 g/mol. The van der Waals surface area contributed by atoms with E-state index in [9.17, 15) is 8.78 Å². The summed E-state index contributed by atoms with van der Waals surface area (Å²) < 4.78 is 34.7. The normalized spacial score (nSPS) is 12.3. The number of hydrogen-bond acceptors (Lipinski definition) is 3. The molecular weight excluding hydrogens is 312 g/mol. The summed E-state index contributed by atoms with van der Waals surface area (Å²) in [6, 6.07) is 2.32. The Labute approximate surface area is 133 Å². The van der Waals surface area contributed by atoms with Crippen molar-refractivity contribution in [3.63, 3.8) is 0 Å². The van der Waals surface area contributed by atoms with E-state index in [4.69, 9.17) is 16.3 Å². The second kappa shape index (κ2) is 6.52. The van der Waals surface area contributed by atoms with E-state index in [0.29, 0.717) is 11.5 Å². The van der Waals surface area contributed by atoms with Gasteiger partial charge in [0.25, 0.3) is 0 Å². The van der Waals surface area contributed by atoms with Crippen LogP contribution in [0.3, 0.4) is 0 Å². The summed E-state index contributed by atoms with van der Waals surface area (Å²) in [6.07, 6.45) is 0.843. The number of ether oxygens (including phenoxy) is 1. The summed E-state index contributed by atoms with van der Waals surface area (Å²) in [6.45, 7) is 5.70. The molecule has 7 heteroatoms. The quantitative estimate of drug-likeness (QED) is 0.887. The van der Waals surface area contributed by atoms with Crippen LogP contribution in [-0.4, -0.2) is 22.7 Å². The van der Waals surface area contributed by atoms with Gasteiger partial charge in [-0.15, -0.1) is 0 Å². The van der Waals surface area contributed by atoms with Gasteiger partial charge in [-0.05, 0) is 31.9 Å². The number of anilines is 1. The molecule has 0 fully saturated rings. The fourth-order valence-corrected chi connectivity index (χ4v) is 2.37. The third-order valence-electron chi connectivity index (χ3n) is 3.46. The van der Waals surface area contributed by atoms with Crippen molar-refractivity contribution >= 4 is 17.4 Å². The van der Waals surface area contributed by atoms with Crippen LogP contribution in [0, 0.1) is 18.6 Å². The lowest BCUT2D eigenvalue weighted by Gasteiger charge is -2.17. The molecule has 0 aliphatic rings. The number of nitrogens with zero attached hydrogens (tertiary/aromatic N) is 2. The number of rotatable bonds is 5. The zero-order valence-corrected chi connectivity index (χ0v) is 13.6. The van der Waals surface area contributed by atoms with Crippen LogP contribution in [0.1, 0.15) is 26.0 Å². The van der Waals surface area contributed by atoms with E-state index in [0.717, 1.165) is 18.6 Å². The number of methoxy groups -OCH3 is 1. The van der Waals surface area contributed by atoms with Gasteiger partial charge in [-0.2, -0.15) is 0 Å². The molecule has 1 aromatic carbocycles. The minimum atomic E-state index is -0.775. The highest BCUT2D eigenvalue weighted by molar-refractivity contribution is 6.29. The van der Waals surface area contributed by atoms with E-state index in [1.807, 2.05) is 13.8 Å². The van der Waals surface area contributed by atoms with Crippen LogP contribution in [0.15, 0.2) is 12.1 Å². The molecule has 22 heavy (non-hydrogen) atoms. The van der Waals surface area contributed by atoms with Crippen LogP contribution < -0.4 is 10.1 Å². The first kappa shape index (κ1) is 16.5. The highest BCUT2D eigenvalue weighted by Gasteiger charge is 2.22. The van der Waals surface area contributed by atoms with Gasteiger partial charge < -0.3 is 10.1 Å². The molecule has 0 bridgehead atoms. The van der Waals surface area contributed by atoms with Gasteiger partial charge in [0.15, 0.2) is 11.6 Å². The molecule has 1 N–H and O–H groups in total. The number of halogens is 3. The molecule has 2 rings (SSSR count). The molecule has 1 unspecified atom stereocenters. The average Bonchev–Trinajstić information content (AvgIpc) is 2.73. The number of benzene rings is 1. The van der Waals surface area contributed by atoms with Gasteiger partial charge in [-0.1, -0.05) is 6.92 Å². The fourth-order valence-electron chi connectivity index (χ4n) is 2.08. The second-order valence-corrected chi connectivity index (χ2v) is 5.38. The third kappa shape index (κ3) is 3.02. The van der Waals surface area contributed by atoms with Crippen molar-refractivity contribution in [3.8, 4) is 11.4 Å². The summed E-state index contributed by atoms with van der Waals surface area (Å²) in [5.74, 6) is -0.975. The van der Waals surface area contributed by atoms with Gasteiger partial charge in [0.05, 0.1) is 12.8 Å². The molecule has 120 valence electrons. The number of aryl methyl sites for hydroxylation is 1. The Morgan fingerprint density at radius 3 is 2.45 bits per heavy atom. The first-order chi connectivity index (χ1) is 10.4. The molecule has 4 nitrogen and oxygen atoms in total. The highest BCUT2D eigenvalue weighted by Crippen LogP contribution is 2.32. The third-order valence-corrected chi connectivity index (χ3v) is 3.71. The smallest absolute Gasteiger partial charge is 0.209 e. The van der Waals surface area contributed by atoms with Gasteiger partial charge in [0, 0.05) is 18.2 Å². The molecule has 0 radical (unpaired) electrons. The second-order valence-electron chi connectivity index (χ2n) is 5.04. The zero-order valence-electron chi connectivity index (χ0n) is 12.9. The molecule has 1 atom stereocenters. The van der Waals surface area contributed by atoms with E-state index < -0.39 is 11.6 Å². The fraction of sp³-hybridized carbons (Fsp3) is 0.400. The van der Waals surface area contributed by atoms with Gasteiger partial charge in [0.2, 0.25) is 5.28 Å². The molecule has 0 spiro atoms. The van der Waals surface area contributed by atoms with E-state index in [2.05, 4.69) is 10.3 Å². The molecule has 0 amide bonds. The topological polar surface area (TPSA) is 39.1 Å². The number of nitrogens with one attached hydrogen (secondary N) is 1. The Morgan fingerprint density at radius 2 is 1.95 bits per heavy atom. The minimum absolute atomic E-state index is 0.00808. The summed E-state index contributed by atoms with van der Waals surface area (Å²) in [4.78, 5) is 4.10. The first-order valence-electron chi connectivity index (χ1n) is 6.93. The largest absolute Gasteiger partial charge is 0.497 e. The number of hydrogen-bond donors (Lipinski definition) is 1. The highest BCUT2D eigenvalue weighted by atomic mass is 35.5. The lowest BCUT2D eigenvalue weighted by Crippen LogP contribution is -2.17. The van der Waals surface area contributed by atoms with Crippen LogP contribution in [0.2, 0.25) is 5.28 Å². The van der Waals surface area contributed by atoms with Crippen molar-refractivity contribution < 1.29 is 13.5 Å². The lowest BCUT2D eigenvalue weighted by atomic mass is 10.2. The molecule has 1 heterocycles. The van der Waals surface area contributed by atoms with E-state index in [1.165, 1.54) is 11.7 Å². The maximum atomic E-state index is 14.3. The summed E-state index contributed by atoms with van der Waals surface area (Å²) in [5, 5.41) is 3.17. The molecular formula is C15H18ClF2N3O. The first-order valence-corrected chi connectivity index (χ1v) is 7.31. The monoisotopic (exact) mass is 329 g/mol. The van der Waals surface area contributed by atoms with Gasteiger partial charge in [0.1, 0.15) is 17.3 Å². The maximum absolute atomic E-state index is 14.3. The molecule has 0 aliphatic carbocycles. The predicted octanol–water partition coefficient (Wildman–Crippen LogP) is 4.33. The minimum Gasteiger partial charge on any atom is -0.497 e. The molecule has 0 saturated carbocycles. The van der Waals surface area contributed by atoms with Crippen LogP contribution in [0.5, 0.6) is 5.75 Å². The zero-order chi connectivity index (χ0) is 16.4. The van der Waals surface area contributed by atoms with Crippen LogP contribution in [-0.2, 0) is 0 Å². The van der Waals surface area contributed by atoms with Crippen molar-refractivity contribution in [1.82, 2.24) is 9.55 Å². The summed E-state index contributed by atoms with van der Waals surface area (Å²) >= 11 is 6.08. The van der Waals surface area contributed by atoms with Crippen molar-refractivity contribution in [1.29, 1.82) is 0 Å². The van der Waals surface area contributed by atoms with E-state index in [-0.39, 0.29) is 22.8 Å². The Balaban J connectivity index is 2.62. The van der Waals surface area contributed by atoms with E-state index >= 15 is 0 Å². The maximum Gasteiger partial charge on any atom is 0.209 e. The van der Waals surface area contributed by atoms with Crippen LogP contribution >= 0.6 is 11.6 Å². The predicted molar refractivity (Wildman–Crippen MR) is 83.2 cm³/mol. The number of imidazole rings is 1. The van der Waals surface area contributed by atoms with Gasteiger partial charge in [-0.3, -0.25) is 4.57 Å². The van der Waals surface area contributed by atoms with Crippen molar-refractivity contribution in [2.45, 2.75) is 33.2 Å². The van der Waals surface area contributed by atoms with Crippen LogP contribution in [0.4, 0.5) is 14.6 Å². The van der Waals surface area contributed by atoms with Gasteiger partial charge in [-0.25, -0.2) is 13.8 Å². The Hall–Kier alpha value is -1.82. The van der Waals surface area contributed by atoms with Crippen molar-refractivity contribution in [2.75, 3.05) is 12.4 Å².